The average molecular weight is 340 g/mol. The summed E-state index contributed by atoms with van der Waals surface area (Å²) in [6.45, 7) is 1.91. The molecule has 0 aliphatic heterocycles. The van der Waals surface area contributed by atoms with Crippen molar-refractivity contribution in [3.05, 3.63) is 63.5 Å². The molecule has 0 saturated heterocycles. The number of thiophene rings is 1. The monoisotopic (exact) mass is 340 g/mol. The van der Waals surface area contributed by atoms with Crippen LogP contribution < -0.4 is 5.32 Å². The van der Waals surface area contributed by atoms with Gasteiger partial charge in [0.1, 0.15) is 9.88 Å². The summed E-state index contributed by atoms with van der Waals surface area (Å²) in [5.74, 6) is -0.00971. The number of thiazole rings is 1. The first-order chi connectivity index (χ1) is 11.2. The van der Waals surface area contributed by atoms with Crippen molar-refractivity contribution >= 4 is 28.6 Å². The van der Waals surface area contributed by atoms with Crippen LogP contribution in [0.4, 0.5) is 0 Å². The first-order valence-corrected chi connectivity index (χ1v) is 9.32. The van der Waals surface area contributed by atoms with E-state index in [2.05, 4.69) is 28.5 Å². The summed E-state index contributed by atoms with van der Waals surface area (Å²) in [6, 6.07) is 12.5. The number of rotatable bonds is 3. The number of amides is 1. The van der Waals surface area contributed by atoms with Crippen LogP contribution in [0.3, 0.4) is 0 Å². The largest absolute Gasteiger partial charge is 0.344 e. The second-order valence-electron chi connectivity index (χ2n) is 5.67. The highest BCUT2D eigenvalue weighted by Gasteiger charge is 2.25. The van der Waals surface area contributed by atoms with Gasteiger partial charge < -0.3 is 5.32 Å². The number of carbonyl (C=O) groups excluding carboxylic acids is 1. The number of aromatic nitrogens is 1. The van der Waals surface area contributed by atoms with Gasteiger partial charge in [-0.15, -0.1) is 22.7 Å². The topological polar surface area (TPSA) is 42.0 Å². The first kappa shape index (κ1) is 14.6. The van der Waals surface area contributed by atoms with E-state index in [0.717, 1.165) is 33.3 Å². The molecule has 1 amide bonds. The number of nitrogens with one attached hydrogen (secondary N) is 1. The number of benzene rings is 1. The van der Waals surface area contributed by atoms with Gasteiger partial charge in [0.15, 0.2) is 0 Å². The smallest absolute Gasteiger partial charge is 0.263 e. The Morgan fingerprint density at radius 1 is 1.26 bits per heavy atom. The van der Waals surface area contributed by atoms with Crippen LogP contribution in [0.5, 0.6) is 0 Å². The molecule has 5 heteroatoms. The molecule has 1 aromatic carbocycles. The molecule has 2 aromatic heterocycles. The Balaban J connectivity index is 1.57. The first-order valence-electron chi connectivity index (χ1n) is 7.62. The van der Waals surface area contributed by atoms with Crippen LogP contribution in [-0.2, 0) is 6.42 Å². The van der Waals surface area contributed by atoms with Crippen LogP contribution in [0.2, 0.25) is 0 Å². The van der Waals surface area contributed by atoms with E-state index in [-0.39, 0.29) is 11.9 Å². The molecule has 1 aliphatic rings. The predicted molar refractivity (Wildman–Crippen MR) is 95.1 cm³/mol. The molecule has 0 spiro atoms. The molecule has 1 unspecified atom stereocenters. The van der Waals surface area contributed by atoms with E-state index in [4.69, 9.17) is 0 Å². The van der Waals surface area contributed by atoms with Crippen LogP contribution in [0.25, 0.3) is 9.88 Å². The molecule has 4 rings (SSSR count). The fourth-order valence-corrected chi connectivity index (χ4v) is 4.81. The van der Waals surface area contributed by atoms with E-state index in [1.165, 1.54) is 22.5 Å². The number of carbonyl (C=O) groups is 1. The zero-order valence-electron chi connectivity index (χ0n) is 12.7. The van der Waals surface area contributed by atoms with Gasteiger partial charge in [-0.3, -0.25) is 4.79 Å². The molecule has 23 heavy (non-hydrogen) atoms. The summed E-state index contributed by atoms with van der Waals surface area (Å²) < 4.78 is 0. The highest BCUT2D eigenvalue weighted by atomic mass is 32.1. The van der Waals surface area contributed by atoms with Crippen LogP contribution >= 0.6 is 22.7 Å². The Hall–Kier alpha value is -1.98. The molecule has 3 aromatic rings. The molecule has 0 fully saturated rings. The second kappa shape index (κ2) is 5.91. The zero-order chi connectivity index (χ0) is 15.8. The third-order valence-corrected chi connectivity index (χ3v) is 6.37. The summed E-state index contributed by atoms with van der Waals surface area (Å²) in [4.78, 5) is 19.1. The summed E-state index contributed by atoms with van der Waals surface area (Å²) in [6.07, 6.45) is 2.00. The summed E-state index contributed by atoms with van der Waals surface area (Å²) in [5.41, 5.74) is 3.40. The number of aryl methyl sites for hydroxylation is 2. The van der Waals surface area contributed by atoms with E-state index < -0.39 is 0 Å². The fraction of sp³-hybridized carbons (Fsp3) is 0.222. The van der Waals surface area contributed by atoms with Crippen molar-refractivity contribution in [2.24, 2.45) is 0 Å². The van der Waals surface area contributed by atoms with Gasteiger partial charge in [-0.05, 0) is 42.3 Å². The molecule has 0 saturated carbocycles. The Kier molecular flexibility index (Phi) is 3.75. The Morgan fingerprint density at radius 3 is 2.96 bits per heavy atom. The third-order valence-electron chi connectivity index (χ3n) is 4.17. The number of nitrogens with zero attached hydrogens (tertiary/aromatic N) is 1. The summed E-state index contributed by atoms with van der Waals surface area (Å²) in [5, 5.41) is 6.14. The van der Waals surface area contributed by atoms with Gasteiger partial charge in [-0.25, -0.2) is 4.98 Å². The quantitative estimate of drug-likeness (QED) is 0.757. The number of hydrogen-bond donors (Lipinski definition) is 1. The zero-order valence-corrected chi connectivity index (χ0v) is 14.3. The maximum atomic E-state index is 12.7. The molecule has 1 atom stereocenters. The average Bonchev–Trinajstić information content (AvgIpc) is 3.27. The highest BCUT2D eigenvalue weighted by Crippen LogP contribution is 2.33. The summed E-state index contributed by atoms with van der Waals surface area (Å²) >= 11 is 3.13. The third kappa shape index (κ3) is 2.71. The summed E-state index contributed by atoms with van der Waals surface area (Å²) in [7, 11) is 0. The van der Waals surface area contributed by atoms with Gasteiger partial charge in [0.05, 0.1) is 16.6 Å². The Labute approximate surface area is 143 Å². The Morgan fingerprint density at radius 2 is 2.13 bits per heavy atom. The minimum Gasteiger partial charge on any atom is -0.344 e. The lowest BCUT2D eigenvalue weighted by Crippen LogP contribution is -2.26. The van der Waals surface area contributed by atoms with Crippen molar-refractivity contribution in [1.82, 2.24) is 10.3 Å². The minimum absolute atomic E-state index is 0.00971. The SMILES string of the molecule is Cc1nc(-c2cccs2)sc1C(=O)NC1CCc2ccccc21. The minimum atomic E-state index is -0.00971. The molecule has 1 N–H and O–H groups in total. The molecule has 116 valence electrons. The van der Waals surface area contributed by atoms with Gasteiger partial charge in [-0.2, -0.15) is 0 Å². The van der Waals surface area contributed by atoms with Gasteiger partial charge in [-0.1, -0.05) is 30.3 Å². The van der Waals surface area contributed by atoms with Gasteiger partial charge in [0, 0.05) is 0 Å². The van der Waals surface area contributed by atoms with Crippen molar-refractivity contribution in [2.45, 2.75) is 25.8 Å². The van der Waals surface area contributed by atoms with Crippen molar-refractivity contribution in [3.8, 4) is 9.88 Å². The number of fused-ring (bicyclic) bond motifs is 1. The Bertz CT molecular complexity index is 852. The fourth-order valence-electron chi connectivity index (χ4n) is 3.04. The van der Waals surface area contributed by atoms with Crippen molar-refractivity contribution in [3.63, 3.8) is 0 Å². The lowest BCUT2D eigenvalue weighted by atomic mass is 10.1. The maximum Gasteiger partial charge on any atom is 0.263 e. The normalized spacial score (nSPS) is 16.3. The van der Waals surface area contributed by atoms with Gasteiger partial charge in [0.25, 0.3) is 5.91 Å². The van der Waals surface area contributed by atoms with Crippen LogP contribution in [0.15, 0.2) is 41.8 Å². The van der Waals surface area contributed by atoms with E-state index >= 15 is 0 Å². The molecule has 2 heterocycles. The van der Waals surface area contributed by atoms with Crippen molar-refractivity contribution < 1.29 is 4.79 Å². The molecule has 3 nitrogen and oxygen atoms in total. The lowest BCUT2D eigenvalue weighted by Gasteiger charge is -2.13. The van der Waals surface area contributed by atoms with Crippen molar-refractivity contribution in [2.75, 3.05) is 0 Å². The van der Waals surface area contributed by atoms with E-state index in [9.17, 15) is 4.79 Å². The van der Waals surface area contributed by atoms with Gasteiger partial charge >= 0.3 is 0 Å². The maximum absolute atomic E-state index is 12.7. The molecule has 1 aliphatic carbocycles. The molecule has 0 bridgehead atoms. The highest BCUT2D eigenvalue weighted by molar-refractivity contribution is 7.22. The van der Waals surface area contributed by atoms with Crippen molar-refractivity contribution in [1.29, 1.82) is 0 Å². The van der Waals surface area contributed by atoms with E-state index in [1.54, 1.807) is 11.3 Å². The van der Waals surface area contributed by atoms with E-state index in [1.807, 2.05) is 30.5 Å². The van der Waals surface area contributed by atoms with E-state index in [0.29, 0.717) is 0 Å². The lowest BCUT2D eigenvalue weighted by molar-refractivity contribution is 0.0940. The second-order valence-corrected chi connectivity index (χ2v) is 7.62. The number of hydrogen-bond acceptors (Lipinski definition) is 4. The predicted octanol–water partition coefficient (Wildman–Crippen LogP) is 4.60. The van der Waals surface area contributed by atoms with Crippen LogP contribution in [-0.4, -0.2) is 10.9 Å². The molecule has 0 radical (unpaired) electrons. The van der Waals surface area contributed by atoms with Gasteiger partial charge in [0.2, 0.25) is 0 Å². The van der Waals surface area contributed by atoms with Crippen LogP contribution in [0, 0.1) is 6.92 Å². The molecular formula is C18H16N2OS2. The standard InChI is InChI=1S/C18H16N2OS2/c1-11-16(23-18(19-11)15-7-4-10-22-15)17(21)20-14-9-8-12-5-2-3-6-13(12)14/h2-7,10,14H,8-9H2,1H3,(H,20,21). The van der Waals surface area contributed by atoms with Crippen LogP contribution in [0.1, 0.15) is 39.0 Å². The molecular weight excluding hydrogens is 324 g/mol.